The lowest BCUT2D eigenvalue weighted by Crippen LogP contribution is -2.56. The highest BCUT2D eigenvalue weighted by atomic mass is 19.4. The maximum absolute atomic E-state index is 13.2. The highest BCUT2D eigenvalue weighted by molar-refractivity contribution is 5.85. The molecule has 0 radical (unpaired) electrons. The molecule has 0 unspecified atom stereocenters. The van der Waals surface area contributed by atoms with Gasteiger partial charge in [0.05, 0.1) is 0 Å². The third kappa shape index (κ3) is 3.87. The van der Waals surface area contributed by atoms with Gasteiger partial charge in [-0.15, -0.1) is 0 Å². The van der Waals surface area contributed by atoms with Crippen LogP contribution in [0.2, 0.25) is 0 Å². The van der Waals surface area contributed by atoms with Gasteiger partial charge in [0, 0.05) is 18.6 Å². The van der Waals surface area contributed by atoms with Gasteiger partial charge in [0.15, 0.2) is 0 Å². The Kier molecular flexibility index (Phi) is 5.32. The van der Waals surface area contributed by atoms with Crippen LogP contribution in [0.15, 0.2) is 30.3 Å². The first kappa shape index (κ1) is 19.5. The van der Waals surface area contributed by atoms with Gasteiger partial charge in [-0.3, -0.25) is 4.79 Å². The van der Waals surface area contributed by atoms with Crippen LogP contribution >= 0.6 is 0 Å². The van der Waals surface area contributed by atoms with E-state index in [0.717, 1.165) is 18.2 Å². The minimum atomic E-state index is -5.96. The van der Waals surface area contributed by atoms with Gasteiger partial charge in [-0.25, -0.2) is 4.79 Å². The number of alkyl halides is 6. The Balaban J connectivity index is 3.50. The lowest BCUT2D eigenvalue weighted by molar-refractivity contribution is -0.377. The van der Waals surface area contributed by atoms with Crippen LogP contribution in [0.3, 0.4) is 0 Å². The topological polar surface area (TPSA) is 63.6 Å². The number of carbonyl (C=O) groups is 2. The Morgan fingerprint density at radius 1 is 1.00 bits per heavy atom. The summed E-state index contributed by atoms with van der Waals surface area (Å²) in [5, 5.41) is 8.43. The Morgan fingerprint density at radius 2 is 1.46 bits per heavy atom. The normalized spacial score (nSPS) is 13.1. The average molecular weight is 356 g/mol. The van der Waals surface area contributed by atoms with Crippen LogP contribution < -0.4 is 0 Å². The molecule has 0 atom stereocenters. The molecule has 0 saturated heterocycles. The number of carbonyl (C=O) groups excluding carboxylic acids is 1. The number of halogens is 6. The first-order chi connectivity index (χ1) is 10.8. The summed E-state index contributed by atoms with van der Waals surface area (Å²) >= 11 is 0. The number of carboxylic acids is 1. The molecule has 1 rings (SSSR count). The van der Waals surface area contributed by atoms with E-state index >= 15 is 0 Å². The van der Waals surface area contributed by atoms with Crippen LogP contribution in [-0.4, -0.2) is 29.4 Å². The standard InChI is InChI=1S/C14H10F6O4/c1-8(21)24-12(13(15,16)17,14(18,19)20)10-5-2-9(3-6-10)4-7-11(22)23/h2-7H,1H3,(H,22,23)/b7-4+. The predicted molar refractivity (Wildman–Crippen MR) is 68.7 cm³/mol. The van der Waals surface area contributed by atoms with Gasteiger partial charge in [0.25, 0.3) is 0 Å². The molecule has 1 aromatic rings. The van der Waals surface area contributed by atoms with Crippen molar-refractivity contribution in [2.45, 2.75) is 24.9 Å². The predicted octanol–water partition coefficient (Wildman–Crippen LogP) is 3.67. The van der Waals surface area contributed by atoms with Gasteiger partial charge < -0.3 is 9.84 Å². The zero-order chi connectivity index (χ0) is 18.8. The maximum atomic E-state index is 13.2. The molecule has 0 aliphatic carbocycles. The van der Waals surface area contributed by atoms with Crippen LogP contribution in [0.1, 0.15) is 18.1 Å². The van der Waals surface area contributed by atoms with Gasteiger partial charge in [0.2, 0.25) is 0 Å². The minimum Gasteiger partial charge on any atom is -0.478 e. The van der Waals surface area contributed by atoms with Crippen molar-refractivity contribution >= 4 is 18.0 Å². The van der Waals surface area contributed by atoms with Crippen molar-refractivity contribution < 1.29 is 45.8 Å². The molecular formula is C14H10F6O4. The molecule has 1 aromatic carbocycles. The summed E-state index contributed by atoms with van der Waals surface area (Å²) in [5.41, 5.74) is -6.13. The van der Waals surface area contributed by atoms with E-state index in [0.29, 0.717) is 25.1 Å². The Hall–Kier alpha value is -2.52. The van der Waals surface area contributed by atoms with Crippen molar-refractivity contribution in [3.05, 3.63) is 41.5 Å². The smallest absolute Gasteiger partial charge is 0.442 e. The SMILES string of the molecule is CC(=O)OC(c1ccc(/C=C/C(=O)O)cc1)(C(F)(F)F)C(F)(F)F. The van der Waals surface area contributed by atoms with Crippen molar-refractivity contribution in [3.8, 4) is 0 Å². The number of hydrogen-bond donors (Lipinski definition) is 1. The fraction of sp³-hybridized carbons (Fsp3) is 0.286. The van der Waals surface area contributed by atoms with Gasteiger partial charge in [0.1, 0.15) is 0 Å². The van der Waals surface area contributed by atoms with Crippen molar-refractivity contribution in [2.75, 3.05) is 0 Å². The third-order valence-electron chi connectivity index (χ3n) is 2.83. The third-order valence-corrected chi connectivity index (χ3v) is 2.83. The van der Waals surface area contributed by atoms with Crippen molar-refractivity contribution in [3.63, 3.8) is 0 Å². The average Bonchev–Trinajstić information content (AvgIpc) is 2.40. The molecule has 10 heteroatoms. The van der Waals surface area contributed by atoms with E-state index in [9.17, 15) is 35.9 Å². The lowest BCUT2D eigenvalue weighted by atomic mass is 9.91. The summed E-state index contributed by atoms with van der Waals surface area (Å²) in [6.45, 7) is 0.427. The zero-order valence-corrected chi connectivity index (χ0v) is 11.9. The van der Waals surface area contributed by atoms with E-state index in [1.54, 1.807) is 0 Å². The molecule has 0 aromatic heterocycles. The largest absolute Gasteiger partial charge is 0.478 e. The van der Waals surface area contributed by atoms with Gasteiger partial charge in [-0.05, 0) is 11.6 Å². The van der Waals surface area contributed by atoms with E-state index in [4.69, 9.17) is 5.11 Å². The fourth-order valence-corrected chi connectivity index (χ4v) is 1.87. The summed E-state index contributed by atoms with van der Waals surface area (Å²) in [4.78, 5) is 21.2. The van der Waals surface area contributed by atoms with E-state index in [2.05, 4.69) is 4.74 Å². The van der Waals surface area contributed by atoms with Gasteiger partial charge in [-0.2, -0.15) is 26.3 Å². The quantitative estimate of drug-likeness (QED) is 0.508. The number of hydrogen-bond acceptors (Lipinski definition) is 3. The first-order valence-electron chi connectivity index (χ1n) is 6.16. The summed E-state index contributed by atoms with van der Waals surface area (Å²) in [6.07, 6.45) is -10.3. The monoisotopic (exact) mass is 356 g/mol. The molecular weight excluding hydrogens is 346 g/mol. The summed E-state index contributed by atoms with van der Waals surface area (Å²) < 4.78 is 82.8. The van der Waals surface area contributed by atoms with E-state index in [-0.39, 0.29) is 5.56 Å². The number of aliphatic carboxylic acids is 1. The molecule has 0 saturated carbocycles. The molecule has 4 nitrogen and oxygen atoms in total. The number of ether oxygens (including phenoxy) is 1. The van der Waals surface area contributed by atoms with E-state index in [1.165, 1.54) is 0 Å². The first-order valence-corrected chi connectivity index (χ1v) is 6.16. The molecule has 0 bridgehead atoms. The molecule has 0 fully saturated rings. The number of carboxylic acid groups (broad SMARTS) is 1. The summed E-state index contributed by atoms with van der Waals surface area (Å²) in [7, 11) is 0. The second kappa shape index (κ2) is 6.54. The number of esters is 1. The van der Waals surface area contributed by atoms with E-state index < -0.39 is 35.5 Å². The number of benzene rings is 1. The molecule has 0 heterocycles. The van der Waals surface area contributed by atoms with Crippen LogP contribution in [-0.2, 0) is 19.9 Å². The molecule has 1 N–H and O–H groups in total. The Labute approximate surface area is 131 Å². The molecule has 0 spiro atoms. The van der Waals surface area contributed by atoms with Crippen LogP contribution in [0, 0.1) is 0 Å². The van der Waals surface area contributed by atoms with Crippen LogP contribution in [0.5, 0.6) is 0 Å². The second-order valence-corrected chi connectivity index (χ2v) is 4.56. The highest BCUT2D eigenvalue weighted by Gasteiger charge is 2.75. The summed E-state index contributed by atoms with van der Waals surface area (Å²) in [6, 6.07) is 2.60. The molecule has 0 amide bonds. The molecule has 132 valence electrons. The molecule has 0 aliphatic rings. The Morgan fingerprint density at radius 3 is 1.79 bits per heavy atom. The van der Waals surface area contributed by atoms with Crippen LogP contribution in [0.4, 0.5) is 26.3 Å². The second-order valence-electron chi connectivity index (χ2n) is 4.56. The lowest BCUT2D eigenvalue weighted by Gasteiger charge is -2.36. The van der Waals surface area contributed by atoms with Crippen molar-refractivity contribution in [1.82, 2.24) is 0 Å². The van der Waals surface area contributed by atoms with Crippen LogP contribution in [0.25, 0.3) is 6.08 Å². The fourth-order valence-electron chi connectivity index (χ4n) is 1.87. The molecule has 0 aliphatic heterocycles. The van der Waals surface area contributed by atoms with Gasteiger partial charge >= 0.3 is 29.9 Å². The zero-order valence-electron chi connectivity index (χ0n) is 11.9. The number of rotatable bonds is 4. The highest BCUT2D eigenvalue weighted by Crippen LogP contribution is 2.53. The van der Waals surface area contributed by atoms with Crippen molar-refractivity contribution in [1.29, 1.82) is 0 Å². The molecule has 24 heavy (non-hydrogen) atoms. The maximum Gasteiger partial charge on any atom is 0.442 e. The van der Waals surface area contributed by atoms with E-state index in [1.807, 2.05) is 0 Å². The Bertz CT molecular complexity index is 629. The van der Waals surface area contributed by atoms with Crippen molar-refractivity contribution in [2.24, 2.45) is 0 Å². The minimum absolute atomic E-state index is 0.0437. The summed E-state index contributed by atoms with van der Waals surface area (Å²) in [5.74, 6) is -3.11. The van der Waals surface area contributed by atoms with Gasteiger partial charge in [-0.1, -0.05) is 24.3 Å².